The van der Waals surface area contributed by atoms with E-state index in [9.17, 15) is 0 Å². The van der Waals surface area contributed by atoms with Gasteiger partial charge in [0.25, 0.3) is 0 Å². The molecule has 0 bridgehead atoms. The third-order valence-electron chi connectivity index (χ3n) is 4.73. The van der Waals surface area contributed by atoms with Gasteiger partial charge in [-0.05, 0) is 37.7 Å². The fourth-order valence-electron chi connectivity index (χ4n) is 3.07. The van der Waals surface area contributed by atoms with Crippen LogP contribution in [0.15, 0.2) is 47.8 Å². The Labute approximate surface area is 162 Å². The van der Waals surface area contributed by atoms with Crippen LogP contribution in [0.2, 0.25) is 0 Å². The van der Waals surface area contributed by atoms with Gasteiger partial charge in [0.1, 0.15) is 5.82 Å². The van der Waals surface area contributed by atoms with Gasteiger partial charge in [0.05, 0.1) is 6.54 Å². The molecule has 2 aromatic rings. The summed E-state index contributed by atoms with van der Waals surface area (Å²) in [6.07, 6.45) is 6.08. The molecule has 3 heterocycles. The summed E-state index contributed by atoms with van der Waals surface area (Å²) in [5.74, 6) is 1.90. The van der Waals surface area contributed by atoms with Gasteiger partial charge in [0.2, 0.25) is 0 Å². The largest absolute Gasteiger partial charge is 0.357 e. The van der Waals surface area contributed by atoms with Gasteiger partial charge in [-0.25, -0.2) is 9.98 Å². The number of likely N-dealkylation sites (N-methyl/N-ethyl adjacent to an activating group) is 1. The molecule has 146 valence electrons. The second kappa shape index (κ2) is 9.97. The van der Waals surface area contributed by atoms with Crippen molar-refractivity contribution in [2.24, 2.45) is 4.99 Å². The van der Waals surface area contributed by atoms with E-state index < -0.39 is 0 Å². The lowest BCUT2D eigenvalue weighted by Crippen LogP contribution is -2.44. The van der Waals surface area contributed by atoms with Crippen molar-refractivity contribution in [1.29, 1.82) is 0 Å². The molecule has 0 atom stereocenters. The van der Waals surface area contributed by atoms with E-state index in [-0.39, 0.29) is 0 Å². The number of hydrogen-bond acceptors (Lipinski definition) is 4. The number of piperazine rings is 1. The van der Waals surface area contributed by atoms with E-state index in [0.717, 1.165) is 63.2 Å². The van der Waals surface area contributed by atoms with Gasteiger partial charge < -0.3 is 25.0 Å². The fraction of sp³-hybridized carbons (Fsp3) is 0.500. The molecule has 0 radical (unpaired) electrons. The molecule has 0 aliphatic carbocycles. The maximum absolute atomic E-state index is 4.68. The molecule has 0 amide bonds. The molecule has 1 saturated heterocycles. The van der Waals surface area contributed by atoms with E-state index in [1.807, 2.05) is 18.3 Å². The topological polar surface area (TPSA) is 60.7 Å². The molecule has 0 spiro atoms. The monoisotopic (exact) mass is 369 g/mol. The Morgan fingerprint density at radius 2 is 1.89 bits per heavy atom. The molecule has 7 heteroatoms. The number of nitrogens with zero attached hydrogens (tertiary/aromatic N) is 5. The van der Waals surface area contributed by atoms with E-state index in [1.54, 1.807) is 0 Å². The van der Waals surface area contributed by atoms with Gasteiger partial charge in [-0.1, -0.05) is 6.07 Å². The number of anilines is 1. The molecule has 2 aromatic heterocycles. The quantitative estimate of drug-likeness (QED) is 0.571. The summed E-state index contributed by atoms with van der Waals surface area (Å²) in [5.41, 5.74) is 1.12. The minimum Gasteiger partial charge on any atom is -0.357 e. The summed E-state index contributed by atoms with van der Waals surface area (Å²) in [4.78, 5) is 14.0. The Balaban J connectivity index is 1.50. The van der Waals surface area contributed by atoms with E-state index >= 15 is 0 Å². The van der Waals surface area contributed by atoms with Crippen molar-refractivity contribution in [3.63, 3.8) is 0 Å². The first-order valence-corrected chi connectivity index (χ1v) is 9.76. The molecule has 3 rings (SSSR count). The van der Waals surface area contributed by atoms with Gasteiger partial charge in [0, 0.05) is 64.4 Å². The lowest BCUT2D eigenvalue weighted by Gasteiger charge is -2.33. The van der Waals surface area contributed by atoms with E-state index in [0.29, 0.717) is 6.54 Å². The minimum atomic E-state index is 0.620. The molecule has 0 saturated carbocycles. The SMILES string of the molecule is CCNC(=NCc1ccc(N2CCN(C)CC2)nc1)NCCn1cccc1. The summed E-state index contributed by atoms with van der Waals surface area (Å²) in [5, 5.41) is 6.68. The first kappa shape index (κ1) is 19.2. The highest BCUT2D eigenvalue weighted by Crippen LogP contribution is 2.14. The van der Waals surface area contributed by atoms with Gasteiger partial charge in [-0.3, -0.25) is 0 Å². The summed E-state index contributed by atoms with van der Waals surface area (Å²) in [6, 6.07) is 8.33. The molecule has 0 aromatic carbocycles. The molecule has 0 unspecified atom stereocenters. The van der Waals surface area contributed by atoms with Crippen LogP contribution in [0, 0.1) is 0 Å². The Morgan fingerprint density at radius 1 is 1.11 bits per heavy atom. The predicted molar refractivity (Wildman–Crippen MR) is 111 cm³/mol. The zero-order chi connectivity index (χ0) is 18.9. The Hall–Kier alpha value is -2.54. The van der Waals surface area contributed by atoms with Gasteiger partial charge in [-0.2, -0.15) is 0 Å². The summed E-state index contributed by atoms with van der Waals surface area (Å²) >= 11 is 0. The van der Waals surface area contributed by atoms with Gasteiger partial charge in [0.15, 0.2) is 5.96 Å². The average Bonchev–Trinajstić information content (AvgIpc) is 3.21. The van der Waals surface area contributed by atoms with Crippen LogP contribution < -0.4 is 15.5 Å². The summed E-state index contributed by atoms with van der Waals surface area (Å²) in [6.45, 7) is 9.55. The van der Waals surface area contributed by atoms with Crippen LogP contribution in [-0.4, -0.2) is 66.7 Å². The lowest BCUT2D eigenvalue weighted by atomic mass is 10.2. The van der Waals surface area contributed by atoms with Crippen LogP contribution in [0.4, 0.5) is 5.82 Å². The highest BCUT2D eigenvalue weighted by atomic mass is 15.3. The highest BCUT2D eigenvalue weighted by Gasteiger charge is 2.14. The third kappa shape index (κ3) is 5.99. The molecule has 1 aliphatic rings. The van der Waals surface area contributed by atoms with Crippen molar-refractivity contribution in [2.45, 2.75) is 20.0 Å². The number of pyridine rings is 1. The first-order chi connectivity index (χ1) is 13.2. The zero-order valence-electron chi connectivity index (χ0n) is 16.4. The van der Waals surface area contributed by atoms with E-state index in [4.69, 9.17) is 0 Å². The van der Waals surface area contributed by atoms with Gasteiger partial charge in [-0.15, -0.1) is 0 Å². The maximum Gasteiger partial charge on any atom is 0.191 e. The number of rotatable bonds is 7. The summed E-state index contributed by atoms with van der Waals surface area (Å²) < 4.78 is 2.15. The Kier molecular flexibility index (Phi) is 7.10. The molecular weight excluding hydrogens is 338 g/mol. The number of guanidine groups is 1. The van der Waals surface area contributed by atoms with Crippen LogP contribution >= 0.6 is 0 Å². The molecule has 1 fully saturated rings. The van der Waals surface area contributed by atoms with E-state index in [1.165, 1.54) is 0 Å². The third-order valence-corrected chi connectivity index (χ3v) is 4.73. The molecule has 1 aliphatic heterocycles. The molecular formula is C20H31N7. The van der Waals surface area contributed by atoms with Crippen molar-refractivity contribution in [3.05, 3.63) is 48.4 Å². The van der Waals surface area contributed by atoms with Crippen LogP contribution in [0.5, 0.6) is 0 Å². The van der Waals surface area contributed by atoms with Crippen molar-refractivity contribution < 1.29 is 0 Å². The average molecular weight is 370 g/mol. The van der Waals surface area contributed by atoms with Crippen LogP contribution in [0.1, 0.15) is 12.5 Å². The molecule has 7 nitrogen and oxygen atoms in total. The Morgan fingerprint density at radius 3 is 2.56 bits per heavy atom. The first-order valence-electron chi connectivity index (χ1n) is 9.76. The normalized spacial score (nSPS) is 15.8. The Bertz CT molecular complexity index is 686. The second-order valence-corrected chi connectivity index (χ2v) is 6.86. The number of nitrogens with one attached hydrogen (secondary N) is 2. The lowest BCUT2D eigenvalue weighted by molar-refractivity contribution is 0.312. The molecule has 2 N–H and O–H groups in total. The standard InChI is InChI=1S/C20H31N7/c1-3-21-20(22-8-11-26-9-4-5-10-26)24-17-18-6-7-19(23-16-18)27-14-12-25(2)13-15-27/h4-7,9-10,16H,3,8,11-15,17H2,1-2H3,(H2,21,22,24). The maximum atomic E-state index is 4.68. The van der Waals surface area contributed by atoms with Crippen molar-refractivity contribution >= 4 is 11.8 Å². The number of aliphatic imine (C=N–C) groups is 1. The van der Waals surface area contributed by atoms with Crippen molar-refractivity contribution in [2.75, 3.05) is 51.2 Å². The number of hydrogen-bond donors (Lipinski definition) is 2. The van der Waals surface area contributed by atoms with Crippen LogP contribution in [-0.2, 0) is 13.1 Å². The van der Waals surface area contributed by atoms with Crippen LogP contribution in [0.25, 0.3) is 0 Å². The minimum absolute atomic E-state index is 0.620. The number of aromatic nitrogens is 2. The fourth-order valence-corrected chi connectivity index (χ4v) is 3.07. The van der Waals surface area contributed by atoms with E-state index in [2.05, 4.69) is 73.5 Å². The second-order valence-electron chi connectivity index (χ2n) is 6.86. The van der Waals surface area contributed by atoms with Crippen LogP contribution in [0.3, 0.4) is 0 Å². The van der Waals surface area contributed by atoms with Gasteiger partial charge >= 0.3 is 0 Å². The smallest absolute Gasteiger partial charge is 0.191 e. The molecule has 27 heavy (non-hydrogen) atoms. The predicted octanol–water partition coefficient (Wildman–Crippen LogP) is 1.39. The highest BCUT2D eigenvalue weighted by molar-refractivity contribution is 5.79. The van der Waals surface area contributed by atoms with Crippen molar-refractivity contribution in [3.8, 4) is 0 Å². The van der Waals surface area contributed by atoms with Crippen molar-refractivity contribution in [1.82, 2.24) is 25.1 Å². The summed E-state index contributed by atoms with van der Waals surface area (Å²) in [7, 11) is 2.17. The zero-order valence-corrected chi connectivity index (χ0v) is 16.4.